The van der Waals surface area contributed by atoms with E-state index >= 15 is 0 Å². The first-order chi connectivity index (χ1) is 24.9. The minimum absolute atomic E-state index is 0.0832. The minimum Gasteiger partial charge on any atom is -0.457 e. The van der Waals surface area contributed by atoms with E-state index in [9.17, 15) is 25.2 Å². The van der Waals surface area contributed by atoms with Gasteiger partial charge in [-0.3, -0.25) is 4.79 Å². The van der Waals surface area contributed by atoms with Crippen molar-refractivity contribution < 1.29 is 44.2 Å². The van der Waals surface area contributed by atoms with Gasteiger partial charge >= 0.3 is 5.97 Å². The molecule has 1 fully saturated rings. The highest BCUT2D eigenvalue weighted by atomic mass is 16.7. The van der Waals surface area contributed by atoms with Gasteiger partial charge in [-0.25, -0.2) is 0 Å². The molecule has 6 unspecified atom stereocenters. The van der Waals surface area contributed by atoms with E-state index in [0.29, 0.717) is 13.0 Å². The molecule has 0 amide bonds. The van der Waals surface area contributed by atoms with E-state index in [-0.39, 0.29) is 25.6 Å². The molecule has 0 aromatic carbocycles. The number of hydrogen-bond acceptors (Lipinski definition) is 9. The van der Waals surface area contributed by atoms with Crippen molar-refractivity contribution in [1.29, 1.82) is 0 Å². The zero-order chi connectivity index (χ0) is 37.2. The summed E-state index contributed by atoms with van der Waals surface area (Å²) in [5.74, 6) is -0.353. The predicted octanol–water partition coefficient (Wildman–Crippen LogP) is 7.74. The van der Waals surface area contributed by atoms with Gasteiger partial charge in [-0.1, -0.05) is 119 Å². The maximum absolute atomic E-state index is 12.7. The molecule has 1 aliphatic heterocycles. The highest BCUT2D eigenvalue weighted by Crippen LogP contribution is 2.22. The van der Waals surface area contributed by atoms with Crippen LogP contribution in [-0.2, 0) is 23.7 Å². The van der Waals surface area contributed by atoms with Crippen LogP contribution < -0.4 is 0 Å². The van der Waals surface area contributed by atoms with Crippen LogP contribution in [0.1, 0.15) is 123 Å². The fourth-order valence-electron chi connectivity index (χ4n) is 5.31. The number of rotatable bonds is 31. The molecule has 6 atom stereocenters. The van der Waals surface area contributed by atoms with E-state index in [2.05, 4.69) is 80.7 Å². The molecular weight excluding hydrogens is 648 g/mol. The fourth-order valence-corrected chi connectivity index (χ4v) is 5.31. The fraction of sp³-hybridized carbons (Fsp3) is 0.690. The zero-order valence-corrected chi connectivity index (χ0v) is 31.6. The van der Waals surface area contributed by atoms with Crippen molar-refractivity contribution in [2.75, 3.05) is 26.4 Å². The Hall–Kier alpha value is -2.37. The Morgan fingerprint density at radius 3 is 1.80 bits per heavy atom. The molecule has 0 radical (unpaired) electrons. The summed E-state index contributed by atoms with van der Waals surface area (Å²) in [5, 5.41) is 39.9. The van der Waals surface area contributed by atoms with Gasteiger partial charge in [0.05, 0.1) is 26.4 Å². The van der Waals surface area contributed by atoms with Crippen molar-refractivity contribution in [3.05, 3.63) is 72.9 Å². The molecule has 0 spiro atoms. The van der Waals surface area contributed by atoms with Crippen molar-refractivity contribution >= 4 is 5.97 Å². The third kappa shape index (κ3) is 25.3. The first kappa shape index (κ1) is 46.7. The van der Waals surface area contributed by atoms with Gasteiger partial charge in [0.25, 0.3) is 0 Å². The van der Waals surface area contributed by atoms with Crippen LogP contribution in [-0.4, -0.2) is 89.6 Å². The van der Waals surface area contributed by atoms with Crippen LogP contribution in [0.2, 0.25) is 0 Å². The lowest BCUT2D eigenvalue weighted by molar-refractivity contribution is -0.305. The first-order valence-electron chi connectivity index (χ1n) is 19.5. The lowest BCUT2D eigenvalue weighted by Gasteiger charge is -2.39. The van der Waals surface area contributed by atoms with Crippen LogP contribution in [0.15, 0.2) is 72.9 Å². The van der Waals surface area contributed by atoms with Gasteiger partial charge in [0.2, 0.25) is 0 Å². The van der Waals surface area contributed by atoms with E-state index in [4.69, 9.17) is 18.9 Å². The number of carbonyl (C=O) groups excluding carboxylic acids is 1. The minimum atomic E-state index is -1.55. The van der Waals surface area contributed by atoms with Crippen molar-refractivity contribution in [3.63, 3.8) is 0 Å². The number of aliphatic hydroxyl groups excluding tert-OH is 4. The normalized spacial score (nSPS) is 22.2. The summed E-state index contributed by atoms with van der Waals surface area (Å²) in [6.07, 6.45) is 35.2. The SMILES string of the molecule is CC/C=C\C/C=C\C/C=C\C/C=C\C/C=C\CCOCC(COC1OC(CO)C(O)C(O)C1O)OC(=O)CCCCCCC/C=C\CCCCC. The van der Waals surface area contributed by atoms with Crippen LogP contribution in [0.25, 0.3) is 0 Å². The maximum Gasteiger partial charge on any atom is 0.306 e. The Bertz CT molecular complexity index is 1000. The Labute approximate surface area is 308 Å². The summed E-state index contributed by atoms with van der Waals surface area (Å²) < 4.78 is 22.6. The Morgan fingerprint density at radius 2 is 1.20 bits per heavy atom. The molecule has 0 aromatic rings. The number of esters is 1. The summed E-state index contributed by atoms with van der Waals surface area (Å²) in [5.41, 5.74) is 0. The highest BCUT2D eigenvalue weighted by Gasteiger charge is 2.44. The largest absolute Gasteiger partial charge is 0.457 e. The molecule has 9 nitrogen and oxygen atoms in total. The second-order valence-electron chi connectivity index (χ2n) is 13.0. The Morgan fingerprint density at radius 1 is 0.647 bits per heavy atom. The van der Waals surface area contributed by atoms with Gasteiger partial charge in [-0.05, 0) is 70.6 Å². The van der Waals surface area contributed by atoms with E-state index < -0.39 is 43.4 Å². The molecule has 9 heteroatoms. The lowest BCUT2D eigenvalue weighted by Crippen LogP contribution is -2.59. The molecular formula is C42H70O9. The lowest BCUT2D eigenvalue weighted by atomic mass is 9.99. The van der Waals surface area contributed by atoms with Gasteiger partial charge in [-0.2, -0.15) is 0 Å². The molecule has 0 bridgehead atoms. The smallest absolute Gasteiger partial charge is 0.306 e. The van der Waals surface area contributed by atoms with Crippen molar-refractivity contribution in [2.24, 2.45) is 0 Å². The van der Waals surface area contributed by atoms with Gasteiger partial charge in [0.15, 0.2) is 6.29 Å². The predicted molar refractivity (Wildman–Crippen MR) is 205 cm³/mol. The van der Waals surface area contributed by atoms with Gasteiger partial charge in [0, 0.05) is 6.42 Å². The molecule has 0 aromatic heterocycles. The van der Waals surface area contributed by atoms with Crippen LogP contribution in [0.4, 0.5) is 0 Å². The summed E-state index contributed by atoms with van der Waals surface area (Å²) in [6, 6.07) is 0. The van der Waals surface area contributed by atoms with Crippen LogP contribution in [0.5, 0.6) is 0 Å². The monoisotopic (exact) mass is 719 g/mol. The van der Waals surface area contributed by atoms with Crippen LogP contribution in [0, 0.1) is 0 Å². The maximum atomic E-state index is 12.7. The third-order valence-electron chi connectivity index (χ3n) is 8.38. The number of ether oxygens (including phenoxy) is 4. The highest BCUT2D eigenvalue weighted by molar-refractivity contribution is 5.69. The average molecular weight is 719 g/mol. The van der Waals surface area contributed by atoms with E-state index in [1.165, 1.54) is 25.7 Å². The van der Waals surface area contributed by atoms with Gasteiger partial charge in [-0.15, -0.1) is 0 Å². The zero-order valence-electron chi connectivity index (χ0n) is 31.6. The number of hydrogen-bond donors (Lipinski definition) is 4. The summed E-state index contributed by atoms with van der Waals surface area (Å²) >= 11 is 0. The summed E-state index contributed by atoms with van der Waals surface area (Å²) in [6.45, 7) is 4.15. The van der Waals surface area contributed by atoms with E-state index in [1.54, 1.807) is 0 Å². The van der Waals surface area contributed by atoms with Crippen molar-refractivity contribution in [3.8, 4) is 0 Å². The molecule has 0 saturated carbocycles. The van der Waals surface area contributed by atoms with Gasteiger partial charge in [0.1, 0.15) is 30.5 Å². The molecule has 1 saturated heterocycles. The molecule has 4 N–H and O–H groups in total. The van der Waals surface area contributed by atoms with E-state index in [1.807, 2.05) is 6.08 Å². The Balaban J connectivity index is 2.40. The number of aliphatic hydroxyl groups is 4. The van der Waals surface area contributed by atoms with Gasteiger partial charge < -0.3 is 39.4 Å². The molecule has 51 heavy (non-hydrogen) atoms. The third-order valence-corrected chi connectivity index (χ3v) is 8.38. The summed E-state index contributed by atoms with van der Waals surface area (Å²) in [4.78, 5) is 12.7. The van der Waals surface area contributed by atoms with Crippen LogP contribution in [0.3, 0.4) is 0 Å². The van der Waals surface area contributed by atoms with Crippen molar-refractivity contribution in [2.45, 2.75) is 160 Å². The second kappa shape index (κ2) is 33.5. The second-order valence-corrected chi connectivity index (χ2v) is 13.0. The van der Waals surface area contributed by atoms with Crippen LogP contribution >= 0.6 is 0 Å². The van der Waals surface area contributed by atoms with E-state index in [0.717, 1.165) is 70.6 Å². The standard InChI is InChI=1S/C42H70O9/c1-3-5-7-9-11-13-15-17-18-19-20-22-24-26-28-30-32-48-34-36(35-49-42-41(47)40(46)39(45)37(33-43)51-42)50-38(44)31-29-27-25-23-21-16-14-12-10-8-6-4-2/h5,7,11-14,17-18,20,22,26,28,36-37,39-43,45-47H,3-4,6,8-10,15-16,19,21,23-25,27,29-35H2,1-2H3/b7-5-,13-11-,14-12-,18-17-,22-20-,28-26-. The number of unbranched alkanes of at least 4 members (excludes halogenated alkanes) is 8. The molecule has 1 aliphatic rings. The molecule has 1 rings (SSSR count). The molecule has 1 heterocycles. The van der Waals surface area contributed by atoms with Crippen molar-refractivity contribution in [1.82, 2.24) is 0 Å². The topological polar surface area (TPSA) is 135 Å². The molecule has 0 aliphatic carbocycles. The quantitative estimate of drug-likeness (QED) is 0.0323. The summed E-state index contributed by atoms with van der Waals surface area (Å²) in [7, 11) is 0. The average Bonchev–Trinajstić information content (AvgIpc) is 3.13. The number of carbonyl (C=O) groups is 1. The first-order valence-corrected chi connectivity index (χ1v) is 19.5. The molecule has 292 valence electrons. The Kier molecular flexibility index (Phi) is 30.6. The number of allylic oxidation sites excluding steroid dienone is 11.